The lowest BCUT2D eigenvalue weighted by Crippen LogP contribution is -2.21. The molecule has 0 unspecified atom stereocenters. The summed E-state index contributed by atoms with van der Waals surface area (Å²) in [6.07, 6.45) is 2.39. The molecule has 1 aliphatic heterocycles. The zero-order valence-corrected chi connectivity index (χ0v) is 11.1. The molecule has 0 saturated carbocycles. The molecule has 0 aliphatic carbocycles. The van der Waals surface area contributed by atoms with Gasteiger partial charge in [-0.3, -0.25) is 0 Å². The average molecular weight is 261 g/mol. The molecule has 94 valence electrons. The van der Waals surface area contributed by atoms with Crippen LogP contribution in [0.4, 0.5) is 11.9 Å². The second kappa shape index (κ2) is 4.53. The number of rotatable bonds is 2. The van der Waals surface area contributed by atoms with E-state index in [1.807, 2.05) is 11.4 Å². The van der Waals surface area contributed by atoms with Gasteiger partial charge in [0.2, 0.25) is 11.9 Å². The maximum atomic E-state index is 5.80. The van der Waals surface area contributed by atoms with Crippen LogP contribution in [0.25, 0.3) is 11.4 Å². The predicted molar refractivity (Wildman–Crippen MR) is 73.7 cm³/mol. The number of hydrogen-bond acceptors (Lipinski definition) is 6. The molecule has 1 saturated heterocycles. The third kappa shape index (κ3) is 2.03. The van der Waals surface area contributed by atoms with Crippen LogP contribution in [0.5, 0.6) is 0 Å². The quantitative estimate of drug-likeness (QED) is 0.896. The lowest BCUT2D eigenvalue weighted by atomic mass is 10.2. The molecule has 3 rings (SSSR count). The number of nitrogen functional groups attached to an aromatic ring is 1. The SMILES string of the molecule is Cc1sccc1-c1nc(N)nc(N2CCCC2)n1. The van der Waals surface area contributed by atoms with Gasteiger partial charge in [0.25, 0.3) is 0 Å². The van der Waals surface area contributed by atoms with Crippen LogP contribution < -0.4 is 10.6 Å². The van der Waals surface area contributed by atoms with Gasteiger partial charge in [-0.15, -0.1) is 11.3 Å². The monoisotopic (exact) mass is 261 g/mol. The van der Waals surface area contributed by atoms with Crippen LogP contribution in [0.1, 0.15) is 17.7 Å². The lowest BCUT2D eigenvalue weighted by Gasteiger charge is -2.15. The van der Waals surface area contributed by atoms with Crippen LogP contribution in [0.2, 0.25) is 0 Å². The zero-order valence-electron chi connectivity index (χ0n) is 10.3. The lowest BCUT2D eigenvalue weighted by molar-refractivity contribution is 0.887. The molecule has 0 aromatic carbocycles. The van der Waals surface area contributed by atoms with Gasteiger partial charge in [-0.2, -0.15) is 15.0 Å². The van der Waals surface area contributed by atoms with Crippen molar-refractivity contribution in [2.45, 2.75) is 19.8 Å². The first-order valence-corrected chi connectivity index (χ1v) is 6.93. The number of nitrogens with two attached hydrogens (primary N) is 1. The fourth-order valence-electron chi connectivity index (χ4n) is 2.18. The summed E-state index contributed by atoms with van der Waals surface area (Å²) in [5.41, 5.74) is 6.85. The molecule has 0 bridgehead atoms. The molecule has 6 heteroatoms. The van der Waals surface area contributed by atoms with Crippen molar-refractivity contribution in [3.8, 4) is 11.4 Å². The zero-order chi connectivity index (χ0) is 12.5. The molecule has 2 aromatic heterocycles. The highest BCUT2D eigenvalue weighted by Gasteiger charge is 2.17. The van der Waals surface area contributed by atoms with E-state index in [2.05, 4.69) is 26.8 Å². The van der Waals surface area contributed by atoms with Crippen molar-refractivity contribution in [2.75, 3.05) is 23.7 Å². The van der Waals surface area contributed by atoms with E-state index in [1.165, 1.54) is 17.7 Å². The Kier molecular flexibility index (Phi) is 2.87. The highest BCUT2D eigenvalue weighted by Crippen LogP contribution is 2.26. The Morgan fingerprint density at radius 2 is 2.00 bits per heavy atom. The fourth-order valence-corrected chi connectivity index (χ4v) is 2.87. The van der Waals surface area contributed by atoms with Gasteiger partial charge in [0.1, 0.15) is 0 Å². The van der Waals surface area contributed by atoms with Gasteiger partial charge >= 0.3 is 0 Å². The summed E-state index contributed by atoms with van der Waals surface area (Å²) in [6, 6.07) is 2.03. The van der Waals surface area contributed by atoms with E-state index in [-0.39, 0.29) is 0 Å². The largest absolute Gasteiger partial charge is 0.368 e. The smallest absolute Gasteiger partial charge is 0.230 e. The standard InChI is InChI=1S/C12H15N5S/c1-8-9(4-7-18-8)10-14-11(13)16-12(15-10)17-5-2-3-6-17/h4,7H,2-3,5-6H2,1H3,(H2,13,14,15,16). The van der Waals surface area contributed by atoms with Crippen molar-refractivity contribution in [3.63, 3.8) is 0 Å². The summed E-state index contributed by atoms with van der Waals surface area (Å²) >= 11 is 1.69. The minimum atomic E-state index is 0.299. The molecule has 0 spiro atoms. The Morgan fingerprint density at radius 3 is 2.67 bits per heavy atom. The molecule has 1 fully saturated rings. The molecule has 1 aliphatic rings. The summed E-state index contributed by atoms with van der Waals surface area (Å²) in [5, 5.41) is 2.04. The van der Waals surface area contributed by atoms with Gasteiger partial charge in [-0.1, -0.05) is 0 Å². The third-order valence-corrected chi connectivity index (χ3v) is 3.98. The number of hydrogen-bond donors (Lipinski definition) is 1. The molecule has 0 amide bonds. The van der Waals surface area contributed by atoms with E-state index in [9.17, 15) is 0 Å². The Balaban J connectivity index is 2.03. The molecule has 5 nitrogen and oxygen atoms in total. The summed E-state index contributed by atoms with van der Waals surface area (Å²) in [5.74, 6) is 1.69. The molecule has 18 heavy (non-hydrogen) atoms. The minimum Gasteiger partial charge on any atom is -0.368 e. The van der Waals surface area contributed by atoms with Crippen molar-refractivity contribution in [1.29, 1.82) is 0 Å². The summed E-state index contributed by atoms with van der Waals surface area (Å²) in [6.45, 7) is 4.08. The summed E-state index contributed by atoms with van der Waals surface area (Å²) in [7, 11) is 0. The molecule has 3 heterocycles. The van der Waals surface area contributed by atoms with E-state index in [0.29, 0.717) is 17.7 Å². The van der Waals surface area contributed by atoms with E-state index >= 15 is 0 Å². The van der Waals surface area contributed by atoms with E-state index < -0.39 is 0 Å². The summed E-state index contributed by atoms with van der Waals surface area (Å²) in [4.78, 5) is 16.4. The van der Waals surface area contributed by atoms with Crippen molar-refractivity contribution in [2.24, 2.45) is 0 Å². The van der Waals surface area contributed by atoms with Crippen molar-refractivity contribution < 1.29 is 0 Å². The Labute approximate surface area is 110 Å². The van der Waals surface area contributed by atoms with Crippen LogP contribution >= 0.6 is 11.3 Å². The second-order valence-electron chi connectivity index (χ2n) is 4.40. The van der Waals surface area contributed by atoms with Crippen LogP contribution in [0.3, 0.4) is 0 Å². The predicted octanol–water partition coefficient (Wildman–Crippen LogP) is 2.09. The highest BCUT2D eigenvalue weighted by atomic mass is 32.1. The first-order chi connectivity index (χ1) is 8.74. The van der Waals surface area contributed by atoms with Gasteiger partial charge in [0, 0.05) is 23.5 Å². The number of nitrogens with zero attached hydrogens (tertiary/aromatic N) is 4. The van der Waals surface area contributed by atoms with Gasteiger partial charge in [-0.05, 0) is 31.2 Å². The molecule has 0 radical (unpaired) electrons. The first kappa shape index (κ1) is 11.4. The van der Waals surface area contributed by atoms with E-state index in [1.54, 1.807) is 11.3 Å². The molecule has 2 N–H and O–H groups in total. The molecule has 2 aromatic rings. The fraction of sp³-hybridized carbons (Fsp3) is 0.417. The Morgan fingerprint density at radius 1 is 1.22 bits per heavy atom. The normalized spacial score (nSPS) is 15.3. The molecule has 0 atom stereocenters. The number of aromatic nitrogens is 3. The maximum absolute atomic E-state index is 5.80. The van der Waals surface area contributed by atoms with Crippen LogP contribution in [0.15, 0.2) is 11.4 Å². The van der Waals surface area contributed by atoms with Gasteiger partial charge in [0.15, 0.2) is 5.82 Å². The van der Waals surface area contributed by atoms with Gasteiger partial charge in [-0.25, -0.2) is 0 Å². The highest BCUT2D eigenvalue weighted by molar-refractivity contribution is 7.10. The average Bonchev–Trinajstić information content (AvgIpc) is 2.98. The topological polar surface area (TPSA) is 67.9 Å². The van der Waals surface area contributed by atoms with Crippen LogP contribution in [-0.4, -0.2) is 28.0 Å². The van der Waals surface area contributed by atoms with Crippen molar-refractivity contribution in [3.05, 3.63) is 16.3 Å². The van der Waals surface area contributed by atoms with Crippen LogP contribution in [0, 0.1) is 6.92 Å². The van der Waals surface area contributed by atoms with Crippen LogP contribution in [-0.2, 0) is 0 Å². The second-order valence-corrected chi connectivity index (χ2v) is 5.52. The van der Waals surface area contributed by atoms with Gasteiger partial charge in [0.05, 0.1) is 0 Å². The van der Waals surface area contributed by atoms with E-state index in [0.717, 1.165) is 18.7 Å². The Hall–Kier alpha value is -1.69. The number of anilines is 2. The van der Waals surface area contributed by atoms with E-state index in [4.69, 9.17) is 5.73 Å². The summed E-state index contributed by atoms with van der Waals surface area (Å²) < 4.78 is 0. The molecular formula is C12H15N5S. The Bertz CT molecular complexity index is 559. The number of thiophene rings is 1. The van der Waals surface area contributed by atoms with Gasteiger partial charge < -0.3 is 10.6 Å². The third-order valence-electron chi connectivity index (χ3n) is 3.13. The minimum absolute atomic E-state index is 0.299. The van der Waals surface area contributed by atoms with Crippen molar-refractivity contribution in [1.82, 2.24) is 15.0 Å². The number of aryl methyl sites for hydroxylation is 1. The molecular weight excluding hydrogens is 246 g/mol. The van der Waals surface area contributed by atoms with Crippen molar-refractivity contribution >= 4 is 23.2 Å². The first-order valence-electron chi connectivity index (χ1n) is 6.05. The maximum Gasteiger partial charge on any atom is 0.230 e.